The average Bonchev–Trinajstić information content (AvgIpc) is 2.70. The van der Waals surface area contributed by atoms with Crippen LogP contribution in [0.4, 0.5) is 0 Å². The smallest absolute Gasteiger partial charge is 0.251 e. The first-order valence-corrected chi connectivity index (χ1v) is 7.01. The molecule has 1 aromatic rings. The summed E-state index contributed by atoms with van der Waals surface area (Å²) in [7, 11) is 0. The molecule has 1 amide bonds. The second-order valence-electron chi connectivity index (χ2n) is 5.75. The zero-order valence-corrected chi connectivity index (χ0v) is 12.1. The van der Waals surface area contributed by atoms with Crippen LogP contribution in [0, 0.1) is 12.3 Å². The molecule has 1 aromatic carbocycles. The number of nitrogens with one attached hydrogen (secondary N) is 1. The molecule has 0 bridgehead atoms. The van der Waals surface area contributed by atoms with E-state index in [1.54, 1.807) is 6.07 Å². The Morgan fingerprint density at radius 3 is 2.89 bits per heavy atom. The maximum absolute atomic E-state index is 12.3. The molecule has 0 aliphatic heterocycles. The van der Waals surface area contributed by atoms with Gasteiger partial charge in [0.05, 0.1) is 6.61 Å². The molecular formula is C15H20ClNO2. The van der Waals surface area contributed by atoms with E-state index in [1.165, 1.54) is 0 Å². The summed E-state index contributed by atoms with van der Waals surface area (Å²) < 4.78 is 0. The van der Waals surface area contributed by atoms with Crippen LogP contribution in [0.15, 0.2) is 18.2 Å². The van der Waals surface area contributed by atoms with Gasteiger partial charge in [-0.2, -0.15) is 0 Å². The highest BCUT2D eigenvalue weighted by Crippen LogP contribution is 2.37. The number of carbonyl (C=O) groups excluding carboxylic acids is 1. The standard InChI is InChI=1S/C15H20ClNO2/c1-10-6-11(8-12(16)7-10)14(19)17-13-4-3-5-15(13,2)9-18/h6-8,13,18H,3-5,9H2,1-2H3,(H,17,19). The van der Waals surface area contributed by atoms with Gasteiger partial charge in [0, 0.05) is 22.0 Å². The summed E-state index contributed by atoms with van der Waals surface area (Å²) in [6, 6.07) is 5.36. The van der Waals surface area contributed by atoms with Crippen molar-refractivity contribution in [1.29, 1.82) is 0 Å². The SMILES string of the molecule is Cc1cc(Cl)cc(C(=O)NC2CCCC2(C)CO)c1. The van der Waals surface area contributed by atoms with Gasteiger partial charge in [-0.25, -0.2) is 0 Å². The topological polar surface area (TPSA) is 49.3 Å². The van der Waals surface area contributed by atoms with Crippen molar-refractivity contribution in [2.24, 2.45) is 5.41 Å². The molecule has 1 aliphatic carbocycles. The Kier molecular flexibility index (Phi) is 4.16. The molecule has 1 saturated carbocycles. The Morgan fingerprint density at radius 1 is 1.53 bits per heavy atom. The Labute approximate surface area is 119 Å². The Balaban J connectivity index is 2.13. The molecule has 0 heterocycles. The molecule has 3 nitrogen and oxygen atoms in total. The zero-order chi connectivity index (χ0) is 14.0. The maximum Gasteiger partial charge on any atom is 0.251 e. The molecule has 0 spiro atoms. The molecule has 0 aromatic heterocycles. The summed E-state index contributed by atoms with van der Waals surface area (Å²) in [5, 5.41) is 13.1. The van der Waals surface area contributed by atoms with Crippen LogP contribution in [0.5, 0.6) is 0 Å². The highest BCUT2D eigenvalue weighted by atomic mass is 35.5. The van der Waals surface area contributed by atoms with E-state index in [0.717, 1.165) is 24.8 Å². The number of amides is 1. The molecule has 19 heavy (non-hydrogen) atoms. The van der Waals surface area contributed by atoms with Crippen molar-refractivity contribution in [3.05, 3.63) is 34.3 Å². The number of rotatable bonds is 3. The van der Waals surface area contributed by atoms with Crippen LogP contribution in [-0.4, -0.2) is 23.7 Å². The number of carbonyl (C=O) groups is 1. The van der Waals surface area contributed by atoms with E-state index in [1.807, 2.05) is 26.0 Å². The molecule has 2 N–H and O–H groups in total. The third kappa shape index (κ3) is 3.10. The van der Waals surface area contributed by atoms with Crippen molar-refractivity contribution >= 4 is 17.5 Å². The minimum absolute atomic E-state index is 0.0317. The highest BCUT2D eigenvalue weighted by molar-refractivity contribution is 6.31. The average molecular weight is 282 g/mol. The number of hydrogen-bond donors (Lipinski definition) is 2. The number of benzene rings is 1. The van der Waals surface area contributed by atoms with Crippen molar-refractivity contribution in [1.82, 2.24) is 5.32 Å². The summed E-state index contributed by atoms with van der Waals surface area (Å²) in [6.07, 6.45) is 2.90. The molecule has 0 saturated heterocycles. The number of hydrogen-bond acceptors (Lipinski definition) is 2. The molecule has 2 atom stereocenters. The number of aliphatic hydroxyl groups is 1. The van der Waals surface area contributed by atoms with Gasteiger partial charge in [-0.3, -0.25) is 4.79 Å². The van der Waals surface area contributed by atoms with E-state index in [4.69, 9.17) is 11.6 Å². The van der Waals surface area contributed by atoms with E-state index in [-0.39, 0.29) is 24.0 Å². The third-order valence-corrected chi connectivity index (χ3v) is 4.27. The fraction of sp³-hybridized carbons (Fsp3) is 0.533. The Morgan fingerprint density at radius 2 is 2.26 bits per heavy atom. The molecule has 4 heteroatoms. The number of halogens is 1. The van der Waals surface area contributed by atoms with Crippen LogP contribution in [0.3, 0.4) is 0 Å². The first-order chi connectivity index (χ1) is 8.94. The third-order valence-electron chi connectivity index (χ3n) is 4.05. The Bertz CT molecular complexity index is 469. The monoisotopic (exact) mass is 281 g/mol. The number of aliphatic hydroxyl groups excluding tert-OH is 1. The minimum atomic E-state index is -0.205. The first kappa shape index (κ1) is 14.4. The second-order valence-corrected chi connectivity index (χ2v) is 6.18. The lowest BCUT2D eigenvalue weighted by Crippen LogP contribution is -2.44. The van der Waals surface area contributed by atoms with Crippen molar-refractivity contribution in [2.45, 2.75) is 39.2 Å². The predicted molar refractivity (Wildman–Crippen MR) is 76.5 cm³/mol. The number of aryl methyl sites for hydroxylation is 1. The van der Waals surface area contributed by atoms with Gasteiger partial charge in [0.2, 0.25) is 0 Å². The normalized spacial score (nSPS) is 26.4. The molecule has 2 unspecified atom stereocenters. The van der Waals surface area contributed by atoms with Crippen LogP contribution in [-0.2, 0) is 0 Å². The van der Waals surface area contributed by atoms with Gasteiger partial charge < -0.3 is 10.4 Å². The second kappa shape index (κ2) is 5.51. The van der Waals surface area contributed by atoms with E-state index < -0.39 is 0 Å². The lowest BCUT2D eigenvalue weighted by molar-refractivity contribution is 0.0830. The van der Waals surface area contributed by atoms with Crippen molar-refractivity contribution < 1.29 is 9.90 Å². The molecule has 2 rings (SSSR count). The summed E-state index contributed by atoms with van der Waals surface area (Å²) in [6.45, 7) is 4.04. The lowest BCUT2D eigenvalue weighted by atomic mass is 9.85. The van der Waals surface area contributed by atoms with Crippen molar-refractivity contribution in [3.63, 3.8) is 0 Å². The molecule has 1 fully saturated rings. The zero-order valence-electron chi connectivity index (χ0n) is 11.4. The lowest BCUT2D eigenvalue weighted by Gasteiger charge is -2.30. The molecule has 0 radical (unpaired) electrons. The van der Waals surface area contributed by atoms with Crippen molar-refractivity contribution in [2.75, 3.05) is 6.61 Å². The summed E-state index contributed by atoms with van der Waals surface area (Å²) in [4.78, 5) is 12.3. The minimum Gasteiger partial charge on any atom is -0.396 e. The molecular weight excluding hydrogens is 262 g/mol. The van der Waals surface area contributed by atoms with E-state index in [2.05, 4.69) is 5.32 Å². The first-order valence-electron chi connectivity index (χ1n) is 6.63. The fourth-order valence-electron chi connectivity index (χ4n) is 2.78. The molecule has 104 valence electrons. The van der Waals surface area contributed by atoms with Crippen LogP contribution in [0.1, 0.15) is 42.1 Å². The van der Waals surface area contributed by atoms with Gasteiger partial charge in [-0.15, -0.1) is 0 Å². The van der Waals surface area contributed by atoms with Gasteiger partial charge in [-0.05, 0) is 43.5 Å². The van der Waals surface area contributed by atoms with Crippen molar-refractivity contribution in [3.8, 4) is 0 Å². The van der Waals surface area contributed by atoms with Crippen LogP contribution in [0.2, 0.25) is 5.02 Å². The summed E-state index contributed by atoms with van der Waals surface area (Å²) in [5.74, 6) is -0.114. The van der Waals surface area contributed by atoms with Gasteiger partial charge in [0.1, 0.15) is 0 Å². The summed E-state index contributed by atoms with van der Waals surface area (Å²) in [5.41, 5.74) is 1.34. The van der Waals surface area contributed by atoms with E-state index >= 15 is 0 Å². The highest BCUT2D eigenvalue weighted by Gasteiger charge is 2.39. The maximum atomic E-state index is 12.3. The fourth-order valence-corrected chi connectivity index (χ4v) is 3.07. The van der Waals surface area contributed by atoms with E-state index in [9.17, 15) is 9.90 Å². The quantitative estimate of drug-likeness (QED) is 0.895. The predicted octanol–water partition coefficient (Wildman–Crippen LogP) is 2.93. The van der Waals surface area contributed by atoms with Gasteiger partial charge in [0.15, 0.2) is 0 Å². The van der Waals surface area contributed by atoms with Crippen LogP contribution < -0.4 is 5.32 Å². The Hall–Kier alpha value is -1.06. The van der Waals surface area contributed by atoms with Gasteiger partial charge in [0.25, 0.3) is 5.91 Å². The molecule has 1 aliphatic rings. The van der Waals surface area contributed by atoms with Crippen LogP contribution >= 0.6 is 11.6 Å². The van der Waals surface area contributed by atoms with E-state index in [0.29, 0.717) is 10.6 Å². The van der Waals surface area contributed by atoms with Gasteiger partial charge in [-0.1, -0.05) is 24.9 Å². The largest absolute Gasteiger partial charge is 0.396 e. The van der Waals surface area contributed by atoms with Gasteiger partial charge >= 0.3 is 0 Å². The summed E-state index contributed by atoms with van der Waals surface area (Å²) >= 11 is 5.97. The van der Waals surface area contributed by atoms with Crippen LogP contribution in [0.25, 0.3) is 0 Å².